The molecule has 0 bridgehead atoms. The van der Waals surface area contributed by atoms with Gasteiger partial charge in [0.15, 0.2) is 10.0 Å². The number of thiazole rings is 1. The van der Waals surface area contributed by atoms with Gasteiger partial charge in [-0.3, -0.25) is 4.90 Å². The maximum atomic E-state index is 12.2. The molecule has 0 saturated carbocycles. The zero-order valence-electron chi connectivity index (χ0n) is 16.9. The van der Waals surface area contributed by atoms with Crippen LogP contribution in [0.1, 0.15) is 43.6 Å². The van der Waals surface area contributed by atoms with Gasteiger partial charge in [-0.2, -0.15) is 0 Å². The van der Waals surface area contributed by atoms with Crippen LogP contribution in [-0.4, -0.2) is 75.9 Å². The molecule has 8 nitrogen and oxygen atoms in total. The van der Waals surface area contributed by atoms with Crippen molar-refractivity contribution in [3.8, 4) is 0 Å². The van der Waals surface area contributed by atoms with Crippen molar-refractivity contribution in [2.45, 2.75) is 55.2 Å². The van der Waals surface area contributed by atoms with E-state index < -0.39 is 11.6 Å². The maximum absolute atomic E-state index is 12.2. The lowest BCUT2D eigenvalue weighted by molar-refractivity contribution is 0.0432. The second-order valence-corrected chi connectivity index (χ2v) is 9.35. The summed E-state index contributed by atoms with van der Waals surface area (Å²) < 4.78 is 11.0. The first-order valence-electron chi connectivity index (χ1n) is 9.40. The molecule has 1 aliphatic heterocycles. The highest BCUT2D eigenvalue weighted by atomic mass is 32.2. The van der Waals surface area contributed by atoms with Crippen LogP contribution in [0, 0.1) is 0 Å². The number of rotatable bonds is 12. The third-order valence-corrected chi connectivity index (χ3v) is 6.58. The highest BCUT2D eigenvalue weighted by Crippen LogP contribution is 2.26. The lowest BCUT2D eigenvalue weighted by Crippen LogP contribution is -2.36. The fourth-order valence-corrected chi connectivity index (χ4v) is 4.80. The fraction of sp³-hybridized carbons (Fsp3) is 0.632. The Kier molecular flexibility index (Phi) is 8.94. The summed E-state index contributed by atoms with van der Waals surface area (Å²) in [6.07, 6.45) is 5.06. The second-order valence-electron chi connectivity index (χ2n) is 7.15. The molecule has 1 saturated heterocycles. The molecule has 1 fully saturated rings. The molecule has 162 valence electrons. The molecule has 2 heterocycles. The molecule has 1 amide bonds. The van der Waals surface area contributed by atoms with Crippen LogP contribution in [0.4, 0.5) is 4.79 Å². The number of carboxylic acids is 1. The van der Waals surface area contributed by atoms with Gasteiger partial charge in [0.1, 0.15) is 6.10 Å². The second kappa shape index (κ2) is 11.0. The van der Waals surface area contributed by atoms with Crippen LogP contribution in [0.25, 0.3) is 0 Å². The minimum Gasteiger partial charge on any atom is -0.476 e. The van der Waals surface area contributed by atoms with Gasteiger partial charge in [0.25, 0.3) is 0 Å². The van der Waals surface area contributed by atoms with Gasteiger partial charge < -0.3 is 19.7 Å². The van der Waals surface area contributed by atoms with Crippen molar-refractivity contribution in [1.29, 1.82) is 0 Å². The Bertz CT molecular complexity index is 721. The molecule has 2 rings (SSSR count). The van der Waals surface area contributed by atoms with Gasteiger partial charge >= 0.3 is 12.1 Å². The molecule has 3 atom stereocenters. The van der Waals surface area contributed by atoms with E-state index in [1.54, 1.807) is 18.9 Å². The number of methoxy groups -OCH3 is 1. The van der Waals surface area contributed by atoms with Gasteiger partial charge in [-0.25, -0.2) is 14.6 Å². The first-order valence-corrected chi connectivity index (χ1v) is 11.3. The predicted molar refractivity (Wildman–Crippen MR) is 112 cm³/mol. The van der Waals surface area contributed by atoms with Crippen molar-refractivity contribution in [2.75, 3.05) is 26.0 Å². The van der Waals surface area contributed by atoms with E-state index in [2.05, 4.69) is 4.98 Å². The summed E-state index contributed by atoms with van der Waals surface area (Å²) in [6, 6.07) is -0.205. The number of thioether (sulfide) groups is 1. The number of carbonyl (C=O) groups is 2. The number of hydrogen-bond acceptors (Lipinski definition) is 8. The highest BCUT2D eigenvalue weighted by Gasteiger charge is 2.37. The highest BCUT2D eigenvalue weighted by molar-refractivity contribution is 8.01. The van der Waals surface area contributed by atoms with Crippen LogP contribution in [0.15, 0.2) is 21.9 Å². The quantitative estimate of drug-likeness (QED) is 0.287. The Morgan fingerprint density at radius 2 is 2.31 bits per heavy atom. The molecule has 0 spiro atoms. The van der Waals surface area contributed by atoms with Gasteiger partial charge in [-0.05, 0) is 33.1 Å². The van der Waals surface area contributed by atoms with Crippen LogP contribution in [0.3, 0.4) is 0 Å². The molecule has 1 aromatic heterocycles. The largest absolute Gasteiger partial charge is 0.476 e. The zero-order chi connectivity index (χ0) is 21.4. The van der Waals surface area contributed by atoms with Gasteiger partial charge in [-0.1, -0.05) is 23.9 Å². The summed E-state index contributed by atoms with van der Waals surface area (Å²) in [7, 11) is 1.64. The third-order valence-electron chi connectivity index (χ3n) is 4.58. The average Bonchev–Trinajstić information content (AvgIpc) is 3.21. The summed E-state index contributed by atoms with van der Waals surface area (Å²) in [5, 5.41) is 20.9. The minimum atomic E-state index is -1.05. The minimum absolute atomic E-state index is 0.0325. The average molecular weight is 445 g/mol. The van der Waals surface area contributed by atoms with Crippen molar-refractivity contribution in [2.24, 2.45) is 0 Å². The number of carbonyl (C=O) groups excluding carboxylic acids is 1. The molecule has 29 heavy (non-hydrogen) atoms. The van der Waals surface area contributed by atoms with Crippen LogP contribution >= 0.6 is 23.1 Å². The number of aromatic nitrogens is 1. The van der Waals surface area contributed by atoms with E-state index in [1.807, 2.05) is 19.1 Å². The Labute approximate surface area is 178 Å². The van der Waals surface area contributed by atoms with E-state index in [9.17, 15) is 14.7 Å². The predicted octanol–water partition coefficient (Wildman–Crippen LogP) is 3.27. The van der Waals surface area contributed by atoms with Gasteiger partial charge in [0.2, 0.25) is 0 Å². The molecule has 1 aliphatic rings. The first kappa shape index (κ1) is 23.7. The van der Waals surface area contributed by atoms with Crippen LogP contribution in [-0.2, 0) is 9.47 Å². The monoisotopic (exact) mass is 444 g/mol. The number of aliphatic hydroxyl groups is 1. The topological polar surface area (TPSA) is 109 Å². The Balaban J connectivity index is 1.87. The lowest BCUT2D eigenvalue weighted by Gasteiger charge is -2.23. The fourth-order valence-electron chi connectivity index (χ4n) is 2.99. The van der Waals surface area contributed by atoms with E-state index in [0.717, 1.165) is 6.42 Å². The Morgan fingerprint density at radius 3 is 2.97 bits per heavy atom. The van der Waals surface area contributed by atoms with Gasteiger partial charge in [0.05, 0.1) is 11.6 Å². The molecule has 3 unspecified atom stereocenters. The summed E-state index contributed by atoms with van der Waals surface area (Å²) in [4.78, 5) is 28.8. The molecule has 0 aromatic carbocycles. The summed E-state index contributed by atoms with van der Waals surface area (Å²) in [5.41, 5.74) is -0.792. The van der Waals surface area contributed by atoms with E-state index >= 15 is 0 Å². The number of ether oxygens (including phenoxy) is 2. The van der Waals surface area contributed by atoms with Crippen molar-refractivity contribution < 1.29 is 29.3 Å². The van der Waals surface area contributed by atoms with E-state index in [4.69, 9.17) is 14.6 Å². The van der Waals surface area contributed by atoms with Crippen molar-refractivity contribution in [3.63, 3.8) is 0 Å². The Morgan fingerprint density at radius 1 is 1.55 bits per heavy atom. The number of aromatic carboxylic acids is 1. The lowest BCUT2D eigenvalue weighted by atomic mass is 9.95. The smallest absolute Gasteiger partial charge is 0.410 e. The van der Waals surface area contributed by atoms with Crippen molar-refractivity contribution in [3.05, 3.63) is 23.2 Å². The van der Waals surface area contributed by atoms with Crippen LogP contribution in [0.5, 0.6) is 0 Å². The van der Waals surface area contributed by atoms with Gasteiger partial charge in [0, 0.05) is 31.4 Å². The van der Waals surface area contributed by atoms with Crippen molar-refractivity contribution >= 4 is 35.2 Å². The zero-order valence-corrected chi connectivity index (χ0v) is 18.5. The van der Waals surface area contributed by atoms with Gasteiger partial charge in [-0.15, -0.1) is 11.3 Å². The number of hydrogen-bond donors (Lipinski definition) is 2. The molecule has 10 heteroatoms. The van der Waals surface area contributed by atoms with Crippen molar-refractivity contribution in [1.82, 2.24) is 9.88 Å². The molecule has 1 aromatic rings. The van der Waals surface area contributed by atoms with Crippen LogP contribution in [0.2, 0.25) is 0 Å². The van der Waals surface area contributed by atoms with E-state index in [-0.39, 0.29) is 23.9 Å². The number of carboxylic acid groups (broad SMARTS) is 1. The number of cyclic esters (lactones) is 1. The standard InChI is InChI=1S/C19H28N2O6S2/c1-13-15(6-4-7-19(2,25)8-5-10-26-3)21(18(24)27-13)9-11-28-17-20-14(12-29-17)16(22)23/h4,6,12-13,15,25H,5,7-11H2,1-3H3,(H,22,23). The molecular weight excluding hydrogens is 416 g/mol. The summed E-state index contributed by atoms with van der Waals surface area (Å²) >= 11 is 2.68. The third kappa shape index (κ3) is 7.29. The summed E-state index contributed by atoms with van der Waals surface area (Å²) in [5.74, 6) is -0.471. The molecular formula is C19H28N2O6S2. The normalized spacial score (nSPS) is 21.5. The molecule has 2 N–H and O–H groups in total. The molecule has 0 radical (unpaired) electrons. The summed E-state index contributed by atoms with van der Waals surface area (Å²) in [6.45, 7) is 4.70. The van der Waals surface area contributed by atoms with E-state index in [1.165, 1.54) is 28.5 Å². The van der Waals surface area contributed by atoms with E-state index in [0.29, 0.717) is 36.1 Å². The molecule has 0 aliphatic carbocycles. The Hall–Kier alpha value is -1.62. The SMILES string of the molecule is COCCCC(C)(O)CC=CC1C(C)OC(=O)N1CCSc1nc(C(=O)O)cs1. The van der Waals surface area contributed by atoms with Crippen LogP contribution < -0.4 is 0 Å². The number of nitrogens with zero attached hydrogens (tertiary/aromatic N) is 2. The first-order chi connectivity index (χ1) is 13.7. The number of amides is 1. The maximum Gasteiger partial charge on any atom is 0.410 e.